The third kappa shape index (κ3) is 9.26. The van der Waals surface area contributed by atoms with Gasteiger partial charge in [-0.2, -0.15) is 0 Å². The number of rotatable bonds is 13. The minimum Gasteiger partial charge on any atom is -0.464 e. The first-order valence-electron chi connectivity index (χ1n) is 27.4. The van der Waals surface area contributed by atoms with Crippen molar-refractivity contribution in [1.82, 2.24) is 35.2 Å². The number of nitrogens with one attached hydrogen (secondary N) is 2. The summed E-state index contributed by atoms with van der Waals surface area (Å²) in [6.45, 7) is 17.4. The number of hydrogen-bond donors (Lipinski definition) is 2. The fraction of sp³-hybridized carbons (Fsp3) is 0.661. The number of piperazine rings is 1. The maximum atomic E-state index is 15.1. The molecule has 398 valence electrons. The van der Waals surface area contributed by atoms with E-state index in [1.165, 1.54) is 29.2 Å². The van der Waals surface area contributed by atoms with Crippen LogP contribution in [-0.2, 0) is 55.8 Å². The van der Waals surface area contributed by atoms with Crippen LogP contribution in [-0.4, -0.2) is 151 Å². The zero-order valence-electron chi connectivity index (χ0n) is 44.0. The average Bonchev–Trinajstić information content (AvgIpc) is 3.74. The van der Waals surface area contributed by atoms with Crippen molar-refractivity contribution in [3.63, 3.8) is 0 Å². The van der Waals surface area contributed by atoms with Crippen molar-refractivity contribution in [1.29, 1.82) is 0 Å². The average molecular weight is 1040 g/mol. The number of pyridine rings is 1. The lowest BCUT2D eigenvalue weighted by Gasteiger charge is -2.55. The summed E-state index contributed by atoms with van der Waals surface area (Å²) in [4.78, 5) is 59.7. The van der Waals surface area contributed by atoms with E-state index in [0.717, 1.165) is 95.4 Å². The Kier molecular flexibility index (Phi) is 13.5. The van der Waals surface area contributed by atoms with Crippen molar-refractivity contribution in [3.8, 4) is 22.5 Å². The van der Waals surface area contributed by atoms with E-state index in [0.29, 0.717) is 75.9 Å². The molecule has 6 saturated heterocycles. The summed E-state index contributed by atoms with van der Waals surface area (Å²) in [6, 6.07) is 8.45. The largest absolute Gasteiger partial charge is 0.464 e. The molecular formula is C56H74N8O9S. The van der Waals surface area contributed by atoms with Gasteiger partial charge in [0.1, 0.15) is 28.3 Å². The van der Waals surface area contributed by atoms with Crippen LogP contribution in [0.2, 0.25) is 0 Å². The van der Waals surface area contributed by atoms with E-state index in [9.17, 15) is 9.59 Å². The minimum absolute atomic E-state index is 0.0375. The van der Waals surface area contributed by atoms with E-state index in [4.69, 9.17) is 38.4 Å². The number of thiazole rings is 1. The van der Waals surface area contributed by atoms with E-state index >= 15 is 4.79 Å². The molecule has 10 aliphatic rings. The maximum absolute atomic E-state index is 15.1. The molecule has 9 bridgehead atoms. The standard InChI is InChI=1S/C56H74N8O9S/c1-7-70-49-47(59-52(66)56-26-37(27-56)33(2)73-56)51(65)64-30-35-24-55(25-35,60-64)53(67)72-32-54(4,5)28-43-41-22-36(44-31-74-50(49)58-44)8-11-45(41)63(18-21-71-40-12-19-69-20-13-40)48(43)42-23-39(29-57-46(42)34(3)68-6)62-16-14-61(15-17-62)38-9-10-38/h8,11,22-23,29,31,33-35,37-38,40,47,49,60H,7,9-10,12-21,24-28,30,32H2,1-6H3,(H,59,66)/t33?,34-,35?,37?,47-,49-,55?,56?/m0/s1. The van der Waals surface area contributed by atoms with Crippen molar-refractivity contribution in [2.45, 2.75) is 147 Å². The van der Waals surface area contributed by atoms with Gasteiger partial charge in [-0.15, -0.1) is 11.3 Å². The summed E-state index contributed by atoms with van der Waals surface area (Å²) in [5.41, 5.74) is 8.49. The molecule has 74 heavy (non-hydrogen) atoms. The predicted octanol–water partition coefficient (Wildman–Crippen LogP) is 6.77. The zero-order chi connectivity index (χ0) is 51.1. The molecule has 10 heterocycles. The first kappa shape index (κ1) is 50.3. The molecule has 14 rings (SSSR count). The highest BCUT2D eigenvalue weighted by Gasteiger charge is 2.62. The molecular weight excluding hydrogens is 961 g/mol. The van der Waals surface area contributed by atoms with Crippen LogP contribution in [0.15, 0.2) is 35.8 Å². The molecule has 1 spiro atoms. The number of benzene rings is 1. The number of hydrogen-bond acceptors (Lipinski definition) is 15. The number of anilines is 1. The number of amides is 2. The zero-order valence-corrected chi connectivity index (χ0v) is 44.8. The monoisotopic (exact) mass is 1030 g/mol. The van der Waals surface area contributed by atoms with Crippen molar-refractivity contribution < 1.29 is 42.8 Å². The number of methoxy groups -OCH3 is 1. The van der Waals surface area contributed by atoms with Gasteiger partial charge in [0, 0.05) is 105 Å². The van der Waals surface area contributed by atoms with Gasteiger partial charge in [-0.05, 0) is 114 Å². The van der Waals surface area contributed by atoms with Crippen molar-refractivity contribution in [3.05, 3.63) is 52.1 Å². The number of nitrogens with zero attached hydrogens (tertiary/aromatic N) is 6. The van der Waals surface area contributed by atoms with Crippen LogP contribution in [0.5, 0.6) is 0 Å². The number of cyclic esters (lactones) is 1. The fourth-order valence-corrected chi connectivity index (χ4v) is 14.1. The Bertz CT molecular complexity index is 2770. The molecule has 1 aromatic carbocycles. The van der Waals surface area contributed by atoms with Crippen molar-refractivity contribution >= 4 is 45.7 Å². The van der Waals surface area contributed by atoms with E-state index in [-0.39, 0.29) is 49.3 Å². The quantitative estimate of drug-likeness (QED) is 0.135. The van der Waals surface area contributed by atoms with Gasteiger partial charge >= 0.3 is 5.97 Å². The summed E-state index contributed by atoms with van der Waals surface area (Å²) >= 11 is 1.41. The minimum atomic E-state index is -1.16. The number of carbonyl (C=O) groups excluding carboxylic acids is 3. The highest BCUT2D eigenvalue weighted by atomic mass is 32.1. The Morgan fingerprint density at radius 3 is 2.53 bits per heavy atom. The Labute approximate surface area is 438 Å². The molecule has 3 aliphatic carbocycles. The number of esters is 1. The van der Waals surface area contributed by atoms with Crippen LogP contribution in [0.4, 0.5) is 5.69 Å². The molecule has 9 fully saturated rings. The summed E-state index contributed by atoms with van der Waals surface area (Å²) in [5, 5.41) is 8.29. The Hall–Kier alpha value is -4.53. The molecule has 2 N–H and O–H groups in total. The highest BCUT2D eigenvalue weighted by Crippen LogP contribution is 2.53. The van der Waals surface area contributed by atoms with Gasteiger partial charge in [0.2, 0.25) is 0 Å². The number of carbonyl (C=O) groups is 3. The summed E-state index contributed by atoms with van der Waals surface area (Å²) < 4.78 is 40.1. The van der Waals surface area contributed by atoms with E-state index < -0.39 is 34.6 Å². The van der Waals surface area contributed by atoms with E-state index in [2.05, 4.69) is 70.1 Å². The number of ether oxygens (including phenoxy) is 6. The normalized spacial score (nSPS) is 30.6. The second-order valence-electron chi connectivity index (χ2n) is 23.4. The SMILES string of the molecule is CCO[C@@H]1c2nc(cs2)-c2ccc3c(c2)c(c(-c2cc(N4CCN(C5CC5)CC4)cnc2[C@H](C)OC)n3CCOC2CCOCC2)CC(C)(C)COC(=O)C23CC(CN(N2)C(=O)[C@H]1NC(=O)C12CC(C1)C(C)O2)C3. The molecule has 3 aromatic heterocycles. The summed E-state index contributed by atoms with van der Waals surface area (Å²) in [7, 11) is 1.74. The number of fused-ring (bicyclic) bond motifs is 5. The molecule has 2 amide bonds. The first-order valence-corrected chi connectivity index (χ1v) is 28.3. The lowest BCUT2D eigenvalue weighted by Crippen LogP contribution is -2.75. The lowest BCUT2D eigenvalue weighted by atomic mass is 9.66. The van der Waals surface area contributed by atoms with Crippen molar-refractivity contribution in [2.75, 3.05) is 77.8 Å². The smallest absolute Gasteiger partial charge is 0.328 e. The van der Waals surface area contributed by atoms with Gasteiger partial charge in [0.05, 0.1) is 60.5 Å². The lowest BCUT2D eigenvalue weighted by molar-refractivity contribution is -0.181. The van der Waals surface area contributed by atoms with Crippen LogP contribution in [0.1, 0.15) is 114 Å². The fourth-order valence-electron chi connectivity index (χ4n) is 13.2. The maximum Gasteiger partial charge on any atom is 0.328 e. The van der Waals surface area contributed by atoms with Gasteiger partial charge in [0.25, 0.3) is 11.8 Å². The Morgan fingerprint density at radius 2 is 1.81 bits per heavy atom. The second-order valence-corrected chi connectivity index (χ2v) is 24.3. The molecule has 4 aromatic rings. The van der Waals surface area contributed by atoms with E-state index in [1.807, 2.05) is 25.4 Å². The van der Waals surface area contributed by atoms with Crippen LogP contribution in [0, 0.1) is 17.3 Å². The molecule has 1 unspecified atom stereocenters. The Morgan fingerprint density at radius 1 is 1.03 bits per heavy atom. The van der Waals surface area contributed by atoms with Gasteiger partial charge in [-0.3, -0.25) is 24.5 Å². The highest BCUT2D eigenvalue weighted by molar-refractivity contribution is 7.10. The van der Waals surface area contributed by atoms with Crippen LogP contribution >= 0.6 is 11.3 Å². The van der Waals surface area contributed by atoms with Crippen molar-refractivity contribution in [2.24, 2.45) is 17.3 Å². The Balaban J connectivity index is 0.993. The first-order chi connectivity index (χ1) is 35.7. The van der Waals surface area contributed by atoms with Gasteiger partial charge in [-0.25, -0.2) is 15.2 Å². The molecule has 7 aliphatic heterocycles. The molecule has 0 radical (unpaired) electrons. The third-order valence-electron chi connectivity index (χ3n) is 17.6. The second kappa shape index (κ2) is 19.8. The molecule has 3 saturated carbocycles. The van der Waals surface area contributed by atoms with Crippen LogP contribution in [0.3, 0.4) is 0 Å². The predicted molar refractivity (Wildman–Crippen MR) is 279 cm³/mol. The molecule has 18 heteroatoms. The number of aromatic nitrogens is 3. The van der Waals surface area contributed by atoms with Crippen LogP contribution in [0.25, 0.3) is 33.4 Å². The van der Waals surface area contributed by atoms with Crippen LogP contribution < -0.4 is 15.6 Å². The summed E-state index contributed by atoms with van der Waals surface area (Å²) in [6.07, 6.45) is 8.05. The van der Waals surface area contributed by atoms with Gasteiger partial charge < -0.3 is 43.2 Å². The molecule has 4 atom stereocenters. The van der Waals surface area contributed by atoms with Gasteiger partial charge in [0.15, 0.2) is 0 Å². The number of hydrazine groups is 1. The third-order valence-corrected chi connectivity index (χ3v) is 18.5. The van der Waals surface area contributed by atoms with E-state index in [1.54, 1.807) is 7.11 Å². The van der Waals surface area contributed by atoms with Gasteiger partial charge in [-0.1, -0.05) is 19.9 Å². The topological polar surface area (TPSA) is 171 Å². The molecule has 17 nitrogen and oxygen atoms in total. The summed E-state index contributed by atoms with van der Waals surface area (Å²) in [5.74, 6) is -0.711.